The standard InChI is InChI=1S/C58H67N5O/c1-3-5-8-16-46-22-26-49(27-23-46)41-62(45-56-20-12-14-35-60-56)43-54-38-51(34-37-59-40-48-30-32-53(33-31-48)52-18-10-7-11-19-52)39-55(58(54)64)44-63(57-21-13-15-36-61-57)42-50-28-24-47(25-29-50)17-9-6-4-2/h7,10-15,18-33,35-36,38-39,59,64H,3-6,8-9,16-17,34,37,40-45H2,1-2H3. The van der Waals surface area contributed by atoms with Crippen molar-refractivity contribution in [1.29, 1.82) is 0 Å². The van der Waals surface area contributed by atoms with Crippen LogP contribution in [0.4, 0.5) is 5.82 Å². The van der Waals surface area contributed by atoms with Gasteiger partial charge in [0.2, 0.25) is 0 Å². The Morgan fingerprint density at radius 3 is 1.64 bits per heavy atom. The van der Waals surface area contributed by atoms with Gasteiger partial charge in [-0.15, -0.1) is 0 Å². The zero-order chi connectivity index (χ0) is 44.2. The van der Waals surface area contributed by atoms with E-state index < -0.39 is 0 Å². The molecular weight excluding hydrogens is 783 g/mol. The van der Waals surface area contributed by atoms with Gasteiger partial charge in [-0.2, -0.15) is 0 Å². The fraction of sp³-hybridized carbons (Fsp3) is 0.310. The first-order chi connectivity index (χ1) is 31.5. The monoisotopic (exact) mass is 850 g/mol. The van der Waals surface area contributed by atoms with Crippen molar-refractivity contribution in [2.45, 2.75) is 111 Å². The van der Waals surface area contributed by atoms with Gasteiger partial charge in [-0.25, -0.2) is 4.98 Å². The van der Waals surface area contributed by atoms with E-state index in [0.29, 0.717) is 31.9 Å². The number of nitrogens with zero attached hydrogens (tertiary/aromatic N) is 4. The number of hydrogen-bond donors (Lipinski definition) is 2. The Hall–Kier alpha value is -6.08. The Morgan fingerprint density at radius 1 is 0.469 bits per heavy atom. The van der Waals surface area contributed by atoms with Gasteiger partial charge < -0.3 is 15.3 Å². The maximum atomic E-state index is 12.4. The lowest BCUT2D eigenvalue weighted by Gasteiger charge is -2.27. The lowest BCUT2D eigenvalue weighted by Crippen LogP contribution is -2.25. The molecule has 0 saturated carbocycles. The summed E-state index contributed by atoms with van der Waals surface area (Å²) in [6, 6.07) is 54.2. The van der Waals surface area contributed by atoms with Gasteiger partial charge in [-0.05, 0) is 107 Å². The number of pyridine rings is 2. The molecule has 0 amide bonds. The average molecular weight is 850 g/mol. The van der Waals surface area contributed by atoms with Crippen LogP contribution in [-0.2, 0) is 58.5 Å². The number of unbranched alkanes of at least 4 members (excludes halogenated alkanes) is 4. The molecule has 0 fully saturated rings. The third-order valence-electron chi connectivity index (χ3n) is 12.1. The van der Waals surface area contributed by atoms with E-state index in [9.17, 15) is 5.11 Å². The number of aromatic nitrogens is 2. The number of nitrogens with one attached hydrogen (secondary N) is 1. The smallest absolute Gasteiger partial charge is 0.129 e. The number of phenols is 1. The topological polar surface area (TPSA) is 64.5 Å². The van der Waals surface area contributed by atoms with Crippen LogP contribution in [-0.4, -0.2) is 26.5 Å². The first-order valence-electron chi connectivity index (χ1n) is 23.7. The second kappa shape index (κ2) is 24.7. The summed E-state index contributed by atoms with van der Waals surface area (Å²) in [6.07, 6.45) is 14.2. The van der Waals surface area contributed by atoms with E-state index in [4.69, 9.17) is 9.97 Å². The molecule has 6 heteroatoms. The van der Waals surface area contributed by atoms with E-state index in [1.807, 2.05) is 30.6 Å². The van der Waals surface area contributed by atoms with Crippen molar-refractivity contribution in [2.24, 2.45) is 0 Å². The first kappa shape index (κ1) is 45.9. The Kier molecular flexibility index (Phi) is 17.7. The van der Waals surface area contributed by atoms with Crippen LogP contribution in [0.15, 0.2) is 164 Å². The zero-order valence-corrected chi connectivity index (χ0v) is 38.1. The number of anilines is 1. The Labute approximate surface area is 383 Å². The van der Waals surface area contributed by atoms with Crippen molar-refractivity contribution in [3.8, 4) is 16.9 Å². The molecular formula is C58H67N5O. The summed E-state index contributed by atoms with van der Waals surface area (Å²) in [7, 11) is 0. The van der Waals surface area contributed by atoms with Crippen LogP contribution in [0.2, 0.25) is 0 Å². The second-order valence-corrected chi connectivity index (χ2v) is 17.3. The van der Waals surface area contributed by atoms with Crippen LogP contribution >= 0.6 is 0 Å². The van der Waals surface area contributed by atoms with Gasteiger partial charge in [0, 0.05) is 62.8 Å². The van der Waals surface area contributed by atoms with Crippen LogP contribution in [0.5, 0.6) is 5.75 Å². The highest BCUT2D eigenvalue weighted by Crippen LogP contribution is 2.31. The minimum absolute atomic E-state index is 0.347. The number of benzene rings is 5. The molecule has 0 aliphatic carbocycles. The van der Waals surface area contributed by atoms with Crippen LogP contribution in [0, 0.1) is 0 Å². The molecule has 7 rings (SSSR count). The molecule has 0 aliphatic heterocycles. The van der Waals surface area contributed by atoms with Crippen molar-refractivity contribution in [1.82, 2.24) is 20.2 Å². The SMILES string of the molecule is CCCCCc1ccc(CN(Cc2ccccn2)Cc2cc(CCNCc3ccc(-c4ccccc4)cc3)cc(CN(Cc3ccc(CCCCC)cc3)c3ccccn3)c2O)cc1. The maximum Gasteiger partial charge on any atom is 0.129 e. The van der Waals surface area contributed by atoms with Gasteiger partial charge in [0.25, 0.3) is 0 Å². The average Bonchev–Trinajstić information content (AvgIpc) is 3.34. The summed E-state index contributed by atoms with van der Waals surface area (Å²) >= 11 is 0. The van der Waals surface area contributed by atoms with Gasteiger partial charge in [0.1, 0.15) is 11.6 Å². The fourth-order valence-electron chi connectivity index (χ4n) is 8.48. The summed E-state index contributed by atoms with van der Waals surface area (Å²) < 4.78 is 0. The van der Waals surface area contributed by atoms with Crippen LogP contribution in [0.25, 0.3) is 11.1 Å². The maximum absolute atomic E-state index is 12.4. The van der Waals surface area contributed by atoms with E-state index in [-0.39, 0.29) is 0 Å². The predicted molar refractivity (Wildman–Crippen MR) is 266 cm³/mol. The van der Waals surface area contributed by atoms with Crippen LogP contribution < -0.4 is 10.2 Å². The van der Waals surface area contributed by atoms with Crippen molar-refractivity contribution < 1.29 is 5.11 Å². The molecule has 7 aromatic rings. The third kappa shape index (κ3) is 14.2. The van der Waals surface area contributed by atoms with Crippen LogP contribution in [0.3, 0.4) is 0 Å². The minimum atomic E-state index is 0.347. The van der Waals surface area contributed by atoms with Gasteiger partial charge in [0.05, 0.1) is 5.69 Å². The number of hydrogen-bond acceptors (Lipinski definition) is 6. The summed E-state index contributed by atoms with van der Waals surface area (Å²) in [5.41, 5.74) is 13.0. The second-order valence-electron chi connectivity index (χ2n) is 17.3. The molecule has 5 aromatic carbocycles. The molecule has 64 heavy (non-hydrogen) atoms. The predicted octanol–water partition coefficient (Wildman–Crippen LogP) is 13.1. The molecule has 6 nitrogen and oxygen atoms in total. The van der Waals surface area contributed by atoms with Gasteiger partial charge in [-0.1, -0.05) is 167 Å². The molecule has 0 saturated heterocycles. The highest BCUT2D eigenvalue weighted by Gasteiger charge is 2.19. The largest absolute Gasteiger partial charge is 0.507 e. The number of rotatable bonds is 25. The molecule has 0 unspecified atom stereocenters. The highest BCUT2D eigenvalue weighted by molar-refractivity contribution is 5.63. The van der Waals surface area contributed by atoms with E-state index in [2.05, 4.69) is 162 Å². The molecule has 0 aliphatic rings. The van der Waals surface area contributed by atoms with Gasteiger partial charge in [-0.3, -0.25) is 9.88 Å². The Bertz CT molecular complexity index is 2390. The molecule has 2 N–H and O–H groups in total. The molecule has 0 spiro atoms. The van der Waals surface area contributed by atoms with Crippen LogP contribution in [0.1, 0.15) is 103 Å². The van der Waals surface area contributed by atoms with Gasteiger partial charge >= 0.3 is 0 Å². The molecule has 2 heterocycles. The molecule has 0 radical (unpaired) electrons. The summed E-state index contributed by atoms with van der Waals surface area (Å²) in [5, 5.41) is 16.1. The van der Waals surface area contributed by atoms with Crippen molar-refractivity contribution in [3.63, 3.8) is 0 Å². The quantitative estimate of drug-likeness (QED) is 0.0559. The molecule has 330 valence electrons. The Balaban J connectivity index is 1.14. The van der Waals surface area contributed by atoms with E-state index in [1.165, 1.54) is 83.0 Å². The minimum Gasteiger partial charge on any atom is -0.507 e. The highest BCUT2D eigenvalue weighted by atomic mass is 16.3. The normalized spacial score (nSPS) is 11.3. The lowest BCUT2D eigenvalue weighted by atomic mass is 9.99. The third-order valence-corrected chi connectivity index (χ3v) is 12.1. The number of aromatic hydroxyl groups is 1. The van der Waals surface area contributed by atoms with Crippen molar-refractivity contribution in [3.05, 3.63) is 214 Å². The van der Waals surface area contributed by atoms with Crippen molar-refractivity contribution >= 4 is 5.82 Å². The number of aryl methyl sites for hydroxylation is 2. The number of phenolic OH excluding ortho intramolecular Hbond substituents is 1. The molecule has 0 atom stereocenters. The van der Waals surface area contributed by atoms with E-state index in [0.717, 1.165) is 61.5 Å². The Morgan fingerprint density at radius 2 is 1.03 bits per heavy atom. The van der Waals surface area contributed by atoms with E-state index in [1.54, 1.807) is 0 Å². The zero-order valence-electron chi connectivity index (χ0n) is 38.1. The summed E-state index contributed by atoms with van der Waals surface area (Å²) in [6.45, 7) is 9.27. The van der Waals surface area contributed by atoms with E-state index >= 15 is 0 Å². The summed E-state index contributed by atoms with van der Waals surface area (Å²) in [4.78, 5) is 14.2. The van der Waals surface area contributed by atoms with Gasteiger partial charge in [0.15, 0.2) is 0 Å². The molecule has 0 bridgehead atoms. The first-order valence-corrected chi connectivity index (χ1v) is 23.7. The molecule has 2 aromatic heterocycles. The lowest BCUT2D eigenvalue weighted by molar-refractivity contribution is 0.241. The van der Waals surface area contributed by atoms with Crippen molar-refractivity contribution in [2.75, 3.05) is 11.4 Å². The fourth-order valence-corrected chi connectivity index (χ4v) is 8.48. The summed E-state index contributed by atoms with van der Waals surface area (Å²) in [5.74, 6) is 1.23.